The lowest BCUT2D eigenvalue weighted by atomic mass is 10.1. The summed E-state index contributed by atoms with van der Waals surface area (Å²) in [6, 6.07) is 13.5. The summed E-state index contributed by atoms with van der Waals surface area (Å²) in [4.78, 5) is 17.8. The largest absolute Gasteiger partial charge is 0.329 e. The van der Waals surface area contributed by atoms with Crippen molar-refractivity contribution in [1.82, 2.24) is 9.55 Å². The first-order valence-electron chi connectivity index (χ1n) is 7.36. The zero-order chi connectivity index (χ0) is 17.1. The smallest absolute Gasteiger partial charge is 0.256 e. The first-order chi connectivity index (χ1) is 11.5. The molecule has 6 heteroatoms. The molecule has 122 valence electrons. The van der Waals surface area contributed by atoms with Crippen LogP contribution in [0.4, 0.5) is 5.69 Å². The fourth-order valence-electron chi connectivity index (χ4n) is 2.18. The predicted molar refractivity (Wildman–Crippen MR) is 106 cm³/mol. The molecule has 3 rings (SSSR count). The molecule has 0 bridgehead atoms. The molecule has 1 amide bonds. The molecule has 0 unspecified atom stereocenters. The molecule has 1 aromatic heterocycles. The normalized spacial score (nSPS) is 10.6. The Labute approximate surface area is 158 Å². The molecule has 0 aliphatic rings. The summed E-state index contributed by atoms with van der Waals surface area (Å²) in [6.45, 7) is 2.00. The molecule has 0 aliphatic heterocycles. The van der Waals surface area contributed by atoms with Gasteiger partial charge in [-0.1, -0.05) is 23.9 Å². The average Bonchev–Trinajstić information content (AvgIpc) is 2.97. The van der Waals surface area contributed by atoms with Crippen molar-refractivity contribution in [3.63, 3.8) is 0 Å². The van der Waals surface area contributed by atoms with Gasteiger partial charge in [0.15, 0.2) is 5.16 Å². The number of carbonyl (C=O) groups excluding carboxylic acids is 1. The second-order valence-electron chi connectivity index (χ2n) is 5.34. The van der Waals surface area contributed by atoms with Crippen LogP contribution < -0.4 is 5.32 Å². The molecule has 4 nitrogen and oxygen atoms in total. The van der Waals surface area contributed by atoms with Crippen LogP contribution in [-0.4, -0.2) is 15.5 Å². The Balaban J connectivity index is 1.71. The summed E-state index contributed by atoms with van der Waals surface area (Å²) in [5, 5.41) is 3.88. The van der Waals surface area contributed by atoms with Gasteiger partial charge in [0.1, 0.15) is 0 Å². The first-order valence-corrected chi connectivity index (χ1v) is 9.26. The molecule has 2 aromatic carbocycles. The van der Waals surface area contributed by atoms with Crippen molar-refractivity contribution < 1.29 is 4.79 Å². The lowest BCUT2D eigenvalue weighted by molar-refractivity contribution is 0.102. The van der Waals surface area contributed by atoms with Gasteiger partial charge < -0.3 is 9.88 Å². The van der Waals surface area contributed by atoms with E-state index < -0.39 is 0 Å². The fraction of sp³-hybridized carbons (Fsp3) is 0.111. The molecule has 0 saturated heterocycles. The molecular weight excluding hydrogens is 433 g/mol. The number of aryl methyl sites for hydroxylation is 2. The molecule has 24 heavy (non-hydrogen) atoms. The molecule has 1 heterocycles. The minimum atomic E-state index is -0.0902. The van der Waals surface area contributed by atoms with E-state index in [-0.39, 0.29) is 5.91 Å². The zero-order valence-electron chi connectivity index (χ0n) is 13.3. The third-order valence-electron chi connectivity index (χ3n) is 3.53. The maximum absolute atomic E-state index is 12.4. The number of imidazole rings is 1. The number of benzene rings is 2. The van der Waals surface area contributed by atoms with E-state index in [1.807, 2.05) is 67.2 Å². The van der Waals surface area contributed by atoms with Crippen molar-refractivity contribution in [2.75, 3.05) is 5.32 Å². The van der Waals surface area contributed by atoms with Gasteiger partial charge in [0.05, 0.1) is 5.56 Å². The molecule has 1 N–H and O–H groups in total. The van der Waals surface area contributed by atoms with Gasteiger partial charge in [0.25, 0.3) is 5.91 Å². The van der Waals surface area contributed by atoms with Gasteiger partial charge in [-0.05, 0) is 65.4 Å². The number of carbonyl (C=O) groups is 1. The molecule has 0 atom stereocenters. The summed E-state index contributed by atoms with van der Waals surface area (Å²) >= 11 is 3.80. The van der Waals surface area contributed by atoms with Crippen LogP contribution in [0.3, 0.4) is 0 Å². The third kappa shape index (κ3) is 3.81. The number of amides is 1. The summed E-state index contributed by atoms with van der Waals surface area (Å²) in [7, 11) is 1.97. The highest BCUT2D eigenvalue weighted by atomic mass is 127. The van der Waals surface area contributed by atoms with E-state index in [0.717, 1.165) is 24.9 Å². The van der Waals surface area contributed by atoms with E-state index in [1.54, 1.807) is 18.0 Å². The van der Waals surface area contributed by atoms with Crippen LogP contribution in [0.2, 0.25) is 0 Å². The van der Waals surface area contributed by atoms with Crippen LogP contribution in [0.25, 0.3) is 0 Å². The quantitative estimate of drug-likeness (QED) is 0.586. The number of nitrogens with zero attached hydrogens (tertiary/aromatic N) is 2. The van der Waals surface area contributed by atoms with Gasteiger partial charge in [-0.25, -0.2) is 4.98 Å². The van der Waals surface area contributed by atoms with E-state index in [1.165, 1.54) is 0 Å². The Morgan fingerprint density at radius 3 is 2.62 bits per heavy atom. The van der Waals surface area contributed by atoms with Crippen molar-refractivity contribution in [3.05, 3.63) is 69.6 Å². The maximum Gasteiger partial charge on any atom is 0.256 e. The van der Waals surface area contributed by atoms with Crippen molar-refractivity contribution in [3.8, 4) is 0 Å². The van der Waals surface area contributed by atoms with Crippen molar-refractivity contribution in [2.24, 2.45) is 7.05 Å². The highest BCUT2D eigenvalue weighted by Crippen LogP contribution is 2.27. The summed E-state index contributed by atoms with van der Waals surface area (Å²) in [6.07, 6.45) is 3.70. The van der Waals surface area contributed by atoms with Gasteiger partial charge >= 0.3 is 0 Å². The van der Waals surface area contributed by atoms with E-state index in [0.29, 0.717) is 5.56 Å². The highest BCUT2D eigenvalue weighted by Gasteiger charge is 2.11. The Bertz CT molecular complexity index is 874. The number of aromatic nitrogens is 2. The number of rotatable bonds is 4. The molecule has 0 aliphatic carbocycles. The van der Waals surface area contributed by atoms with Crippen LogP contribution in [0.1, 0.15) is 15.9 Å². The standard InChI is InChI=1S/C18H16IN3OS/c1-12-4-3-5-15(16(12)19)17(23)21-13-6-8-14(9-7-13)24-18-20-10-11-22(18)2/h3-11H,1-2H3,(H,21,23). The Kier molecular flexibility index (Phi) is 5.25. The number of halogens is 1. The zero-order valence-corrected chi connectivity index (χ0v) is 16.3. The fourth-order valence-corrected chi connectivity index (χ4v) is 3.59. The van der Waals surface area contributed by atoms with Gasteiger partial charge in [-0.15, -0.1) is 0 Å². The number of nitrogens with one attached hydrogen (secondary N) is 1. The molecule has 0 spiro atoms. The van der Waals surface area contributed by atoms with Crippen molar-refractivity contribution in [1.29, 1.82) is 0 Å². The lowest BCUT2D eigenvalue weighted by Gasteiger charge is -2.09. The van der Waals surface area contributed by atoms with E-state index in [4.69, 9.17) is 0 Å². The SMILES string of the molecule is Cc1cccc(C(=O)Nc2ccc(Sc3nccn3C)cc2)c1I. The van der Waals surface area contributed by atoms with Crippen LogP contribution in [-0.2, 0) is 7.05 Å². The second-order valence-corrected chi connectivity index (χ2v) is 7.46. The average molecular weight is 449 g/mol. The Morgan fingerprint density at radius 1 is 1.21 bits per heavy atom. The maximum atomic E-state index is 12.4. The number of anilines is 1. The minimum Gasteiger partial charge on any atom is -0.329 e. The molecule has 0 radical (unpaired) electrons. The summed E-state index contributed by atoms with van der Waals surface area (Å²) in [5.41, 5.74) is 2.58. The third-order valence-corrected chi connectivity index (χ3v) is 6.05. The van der Waals surface area contributed by atoms with Crippen molar-refractivity contribution >= 4 is 45.9 Å². The lowest BCUT2D eigenvalue weighted by Crippen LogP contribution is -2.13. The van der Waals surface area contributed by atoms with E-state index in [9.17, 15) is 4.79 Å². The van der Waals surface area contributed by atoms with Crippen LogP contribution >= 0.6 is 34.4 Å². The molecule has 3 aromatic rings. The van der Waals surface area contributed by atoms with E-state index >= 15 is 0 Å². The molecular formula is C18H16IN3OS. The van der Waals surface area contributed by atoms with Crippen LogP contribution in [0.5, 0.6) is 0 Å². The summed E-state index contributed by atoms with van der Waals surface area (Å²) in [5.74, 6) is -0.0902. The van der Waals surface area contributed by atoms with E-state index in [2.05, 4.69) is 32.9 Å². The van der Waals surface area contributed by atoms with Gasteiger partial charge in [0.2, 0.25) is 0 Å². The van der Waals surface area contributed by atoms with Crippen molar-refractivity contribution in [2.45, 2.75) is 17.0 Å². The van der Waals surface area contributed by atoms with Crippen LogP contribution in [0, 0.1) is 10.5 Å². The summed E-state index contributed by atoms with van der Waals surface area (Å²) < 4.78 is 2.95. The second kappa shape index (κ2) is 7.40. The molecule has 0 fully saturated rings. The van der Waals surface area contributed by atoms with Crippen LogP contribution in [0.15, 0.2) is 64.9 Å². The van der Waals surface area contributed by atoms with Gasteiger partial charge in [-0.3, -0.25) is 4.79 Å². The first kappa shape index (κ1) is 17.0. The predicted octanol–water partition coefficient (Wildman–Crippen LogP) is 4.74. The highest BCUT2D eigenvalue weighted by molar-refractivity contribution is 14.1. The monoisotopic (exact) mass is 449 g/mol. The van der Waals surface area contributed by atoms with Gasteiger partial charge in [-0.2, -0.15) is 0 Å². The number of hydrogen-bond acceptors (Lipinski definition) is 3. The van der Waals surface area contributed by atoms with Gasteiger partial charge in [0, 0.05) is 33.6 Å². The topological polar surface area (TPSA) is 46.9 Å². The Hall–Kier alpha value is -1.80. The Morgan fingerprint density at radius 2 is 1.96 bits per heavy atom. The number of hydrogen-bond donors (Lipinski definition) is 1. The minimum absolute atomic E-state index is 0.0902. The molecule has 0 saturated carbocycles.